The Labute approximate surface area is 239 Å². The molecule has 0 heterocycles. The zero-order valence-corrected chi connectivity index (χ0v) is 23.9. The SMILES string of the molecule is CCOC(=O)/C=C/C(=O)N(CC1=CCC(OC)C=C1OC)c1ccc(Cl)cc1C(O)c1cccc(OC)c1OC. The number of hydrogen-bond acceptors (Lipinski definition) is 8. The van der Waals surface area contributed by atoms with Gasteiger partial charge in [-0.05, 0) is 43.7 Å². The second kappa shape index (κ2) is 14.6. The summed E-state index contributed by atoms with van der Waals surface area (Å²) in [6.07, 6.45) is 5.13. The highest BCUT2D eigenvalue weighted by molar-refractivity contribution is 6.30. The maximum Gasteiger partial charge on any atom is 0.330 e. The first-order valence-electron chi connectivity index (χ1n) is 12.6. The molecule has 0 bridgehead atoms. The number of amides is 1. The summed E-state index contributed by atoms with van der Waals surface area (Å²) in [5, 5.41) is 12.0. The molecule has 0 saturated heterocycles. The Bertz CT molecular complexity index is 1300. The topological polar surface area (TPSA) is 104 Å². The van der Waals surface area contributed by atoms with Crippen molar-refractivity contribution in [3.63, 3.8) is 0 Å². The number of hydrogen-bond donors (Lipinski definition) is 1. The average Bonchev–Trinajstić information content (AvgIpc) is 2.98. The number of aliphatic hydroxyl groups is 1. The Kier molecular flexibility index (Phi) is 11.2. The van der Waals surface area contributed by atoms with E-state index >= 15 is 0 Å². The lowest BCUT2D eigenvalue weighted by Crippen LogP contribution is -2.34. The van der Waals surface area contributed by atoms with E-state index in [-0.39, 0.29) is 19.3 Å². The van der Waals surface area contributed by atoms with Crippen LogP contribution in [0.15, 0.2) is 72.0 Å². The number of ether oxygens (including phenoxy) is 5. The number of carbonyl (C=O) groups excluding carboxylic acids is 2. The molecule has 2 aromatic rings. The number of carbonyl (C=O) groups is 2. The van der Waals surface area contributed by atoms with E-state index in [1.807, 2.05) is 12.2 Å². The summed E-state index contributed by atoms with van der Waals surface area (Å²) >= 11 is 6.37. The van der Waals surface area contributed by atoms with E-state index in [0.29, 0.717) is 45.5 Å². The van der Waals surface area contributed by atoms with E-state index in [9.17, 15) is 14.7 Å². The summed E-state index contributed by atoms with van der Waals surface area (Å²) in [4.78, 5) is 27.0. The fourth-order valence-electron chi connectivity index (χ4n) is 4.37. The minimum Gasteiger partial charge on any atom is -0.497 e. The minimum absolute atomic E-state index is 0.0682. The van der Waals surface area contributed by atoms with Gasteiger partial charge in [0.05, 0.1) is 46.3 Å². The molecule has 1 aliphatic rings. The molecule has 40 heavy (non-hydrogen) atoms. The van der Waals surface area contributed by atoms with Crippen molar-refractivity contribution in [3.8, 4) is 11.5 Å². The first kappa shape index (κ1) is 30.7. The molecule has 0 saturated carbocycles. The van der Waals surface area contributed by atoms with Crippen LogP contribution in [0.1, 0.15) is 30.6 Å². The van der Waals surface area contributed by atoms with Gasteiger partial charge in [-0.3, -0.25) is 4.79 Å². The lowest BCUT2D eigenvalue weighted by molar-refractivity contribution is -0.137. The Morgan fingerprint density at radius 1 is 1.07 bits per heavy atom. The molecule has 1 aliphatic carbocycles. The number of para-hydroxylation sites is 1. The molecule has 0 spiro atoms. The van der Waals surface area contributed by atoms with Crippen molar-refractivity contribution in [2.75, 3.05) is 46.5 Å². The molecule has 0 radical (unpaired) electrons. The van der Waals surface area contributed by atoms with Gasteiger partial charge in [-0.15, -0.1) is 0 Å². The molecule has 0 aromatic heterocycles. The van der Waals surface area contributed by atoms with Crippen LogP contribution in [0, 0.1) is 0 Å². The predicted molar refractivity (Wildman–Crippen MR) is 152 cm³/mol. The largest absolute Gasteiger partial charge is 0.497 e. The van der Waals surface area contributed by atoms with Gasteiger partial charge in [0.1, 0.15) is 11.9 Å². The fraction of sp³-hybridized carbons (Fsp3) is 0.333. The van der Waals surface area contributed by atoms with Gasteiger partial charge in [0.25, 0.3) is 5.91 Å². The number of rotatable bonds is 12. The monoisotopic (exact) mass is 571 g/mol. The van der Waals surface area contributed by atoms with Crippen LogP contribution in [-0.4, -0.2) is 64.7 Å². The average molecular weight is 572 g/mol. The van der Waals surface area contributed by atoms with Crippen molar-refractivity contribution in [2.24, 2.45) is 0 Å². The van der Waals surface area contributed by atoms with Crippen LogP contribution >= 0.6 is 11.6 Å². The number of halogens is 1. The molecule has 2 atom stereocenters. The Morgan fingerprint density at radius 2 is 1.85 bits per heavy atom. The molecular weight excluding hydrogens is 538 g/mol. The van der Waals surface area contributed by atoms with Crippen molar-refractivity contribution < 1.29 is 38.4 Å². The van der Waals surface area contributed by atoms with Crippen LogP contribution in [0.25, 0.3) is 0 Å². The van der Waals surface area contributed by atoms with Crippen LogP contribution in [-0.2, 0) is 23.8 Å². The summed E-state index contributed by atoms with van der Waals surface area (Å²) in [6.45, 7) is 1.92. The summed E-state index contributed by atoms with van der Waals surface area (Å²) < 4.78 is 26.9. The molecule has 2 aromatic carbocycles. The molecular formula is C30H34ClNO8. The molecule has 214 valence electrons. The first-order valence-corrected chi connectivity index (χ1v) is 13.0. The first-order chi connectivity index (χ1) is 19.3. The predicted octanol–water partition coefficient (Wildman–Crippen LogP) is 4.77. The Hall–Kier alpha value is -3.79. The van der Waals surface area contributed by atoms with Gasteiger partial charge in [0.2, 0.25) is 0 Å². The number of aliphatic hydroxyl groups excluding tert-OH is 1. The van der Waals surface area contributed by atoms with Crippen LogP contribution < -0.4 is 14.4 Å². The van der Waals surface area contributed by atoms with Crippen molar-refractivity contribution >= 4 is 29.2 Å². The third kappa shape index (κ3) is 7.24. The molecule has 0 fully saturated rings. The van der Waals surface area contributed by atoms with E-state index in [2.05, 4.69) is 0 Å². The zero-order valence-electron chi connectivity index (χ0n) is 23.2. The van der Waals surface area contributed by atoms with Crippen LogP contribution in [0.4, 0.5) is 5.69 Å². The lowest BCUT2D eigenvalue weighted by atomic mass is 9.97. The van der Waals surface area contributed by atoms with Crippen molar-refractivity contribution in [1.82, 2.24) is 0 Å². The van der Waals surface area contributed by atoms with E-state index < -0.39 is 18.0 Å². The number of nitrogens with zero attached hydrogens (tertiary/aromatic N) is 1. The molecule has 1 N–H and O–H groups in total. The lowest BCUT2D eigenvalue weighted by Gasteiger charge is -2.29. The Morgan fingerprint density at radius 3 is 2.50 bits per heavy atom. The normalized spacial score (nSPS) is 15.6. The van der Waals surface area contributed by atoms with Crippen LogP contribution in [0.3, 0.4) is 0 Å². The maximum absolute atomic E-state index is 13.6. The van der Waals surface area contributed by atoms with Crippen molar-refractivity contribution in [1.29, 1.82) is 0 Å². The highest BCUT2D eigenvalue weighted by atomic mass is 35.5. The maximum atomic E-state index is 13.6. The second-order valence-corrected chi connectivity index (χ2v) is 9.11. The van der Waals surface area contributed by atoms with Gasteiger partial charge in [-0.1, -0.05) is 29.8 Å². The standard InChI is InChI=1S/C30H34ClNO8/c1-6-40-28(34)15-14-27(33)32(18-19-10-12-21(36-2)17-26(19)38-4)24-13-11-20(31)16-23(24)29(35)22-8-7-9-25(37-3)30(22)39-5/h7-11,13-17,21,29,35H,6,12,18H2,1-5H3/b15-14+. The summed E-state index contributed by atoms with van der Waals surface area (Å²) in [7, 11) is 6.13. The highest BCUT2D eigenvalue weighted by Gasteiger charge is 2.28. The zero-order chi connectivity index (χ0) is 29.2. The van der Waals surface area contributed by atoms with Gasteiger partial charge < -0.3 is 33.7 Å². The van der Waals surface area contributed by atoms with Crippen molar-refractivity contribution in [3.05, 3.63) is 88.2 Å². The smallest absolute Gasteiger partial charge is 0.330 e. The fourth-order valence-corrected chi connectivity index (χ4v) is 4.55. The molecule has 10 heteroatoms. The second-order valence-electron chi connectivity index (χ2n) is 8.67. The summed E-state index contributed by atoms with van der Waals surface area (Å²) in [6, 6.07) is 9.98. The minimum atomic E-state index is -1.25. The number of methoxy groups -OCH3 is 4. The number of benzene rings is 2. The van der Waals surface area contributed by atoms with Gasteiger partial charge in [-0.25, -0.2) is 4.79 Å². The van der Waals surface area contributed by atoms with E-state index in [4.69, 9.17) is 35.3 Å². The quantitative estimate of drug-likeness (QED) is 0.287. The van der Waals surface area contributed by atoms with Gasteiger partial charge in [-0.2, -0.15) is 0 Å². The molecule has 1 amide bonds. The van der Waals surface area contributed by atoms with Crippen LogP contribution in [0.2, 0.25) is 5.02 Å². The van der Waals surface area contributed by atoms with Crippen LogP contribution in [0.5, 0.6) is 11.5 Å². The number of anilines is 1. The summed E-state index contributed by atoms with van der Waals surface area (Å²) in [5.41, 5.74) is 1.84. The molecule has 0 aliphatic heterocycles. The van der Waals surface area contributed by atoms with E-state index in [0.717, 1.165) is 17.7 Å². The van der Waals surface area contributed by atoms with Crippen molar-refractivity contribution in [2.45, 2.75) is 25.6 Å². The molecule has 2 unspecified atom stereocenters. The van der Waals surface area contributed by atoms with Gasteiger partial charge >= 0.3 is 5.97 Å². The summed E-state index contributed by atoms with van der Waals surface area (Å²) in [5.74, 6) is 0.157. The third-order valence-corrected chi connectivity index (χ3v) is 6.55. The third-order valence-electron chi connectivity index (χ3n) is 6.32. The Balaban J connectivity index is 2.13. The molecule has 9 nitrogen and oxygen atoms in total. The highest BCUT2D eigenvalue weighted by Crippen LogP contribution is 2.41. The van der Waals surface area contributed by atoms with Gasteiger partial charge in [0, 0.05) is 41.0 Å². The van der Waals surface area contributed by atoms with Gasteiger partial charge in [0.15, 0.2) is 11.5 Å². The van der Waals surface area contributed by atoms with E-state index in [1.165, 1.54) is 26.2 Å². The van der Waals surface area contributed by atoms with E-state index in [1.54, 1.807) is 50.4 Å². The molecule has 3 rings (SSSR count). The number of esters is 1.